The number of rotatable bonds is 11. The summed E-state index contributed by atoms with van der Waals surface area (Å²) in [6, 6.07) is 30.7. The lowest BCUT2D eigenvalue weighted by molar-refractivity contribution is 0.0569. The minimum Gasteiger partial charge on any atom is -0.491 e. The Morgan fingerprint density at radius 1 is 0.750 bits per heavy atom. The summed E-state index contributed by atoms with van der Waals surface area (Å²) in [5.41, 5.74) is 3.75. The third kappa shape index (κ3) is 9.26. The highest BCUT2D eigenvalue weighted by molar-refractivity contribution is 7.91. The van der Waals surface area contributed by atoms with Crippen LogP contribution >= 0.6 is 0 Å². The van der Waals surface area contributed by atoms with Gasteiger partial charge in [0.15, 0.2) is 0 Å². The lowest BCUT2D eigenvalue weighted by Crippen LogP contribution is -2.37. The number of carboxylic acid groups (broad SMARTS) is 1. The van der Waals surface area contributed by atoms with Crippen molar-refractivity contribution < 1.29 is 27.8 Å². The van der Waals surface area contributed by atoms with E-state index in [-0.39, 0.29) is 45.6 Å². The molecular weight excluding hydrogens is 717 g/mol. The maximum atomic E-state index is 12.7. The summed E-state index contributed by atoms with van der Waals surface area (Å²) in [6.45, 7) is 7.14. The molecule has 10 unspecified atom stereocenters. The quantitative estimate of drug-likeness (QED) is 0.152. The van der Waals surface area contributed by atoms with Gasteiger partial charge in [-0.1, -0.05) is 104 Å². The summed E-state index contributed by atoms with van der Waals surface area (Å²) in [6.07, 6.45) is 7.20. The zero-order valence-corrected chi connectivity index (χ0v) is 31.5. The van der Waals surface area contributed by atoms with Crippen LogP contribution in [0, 0.1) is 54.3 Å². The average molecular weight is 785 g/mol. The second-order valence-corrected chi connectivity index (χ2v) is 17.8. The number of benzene rings is 4. The molecule has 0 spiro atoms. The first-order valence-electron chi connectivity index (χ1n) is 19.0. The topological polar surface area (TPSA) is 89.9 Å². The molecule has 0 aromatic heterocycles. The van der Waals surface area contributed by atoms with Crippen LogP contribution < -0.4 is 4.74 Å². The number of carboxylic acids is 1. The van der Waals surface area contributed by atoms with Crippen molar-refractivity contribution >= 4 is 15.8 Å². The van der Waals surface area contributed by atoms with Gasteiger partial charge in [-0.3, -0.25) is 0 Å². The zero-order chi connectivity index (χ0) is 36.6. The van der Waals surface area contributed by atoms with Crippen molar-refractivity contribution in [2.24, 2.45) is 47.3 Å². The predicted molar refractivity (Wildman–Crippen MR) is 230 cm³/mol. The molecular formula is C49H68O6S. The number of ether oxygens (including phenoxy) is 2. The first-order valence-corrected chi connectivity index (χ1v) is 20.5. The molecule has 0 saturated heterocycles. The van der Waals surface area contributed by atoms with Crippen molar-refractivity contribution in [2.75, 3.05) is 13.7 Å². The molecule has 56 heavy (non-hydrogen) atoms. The van der Waals surface area contributed by atoms with Gasteiger partial charge in [0, 0.05) is 7.11 Å². The summed E-state index contributed by atoms with van der Waals surface area (Å²) in [5.74, 6) is 8.36. The van der Waals surface area contributed by atoms with Crippen molar-refractivity contribution in [3.8, 4) is 5.75 Å². The molecule has 0 amide bonds. The van der Waals surface area contributed by atoms with E-state index in [0.717, 1.165) is 58.5 Å². The highest BCUT2D eigenvalue weighted by Gasteiger charge is 2.64. The van der Waals surface area contributed by atoms with Gasteiger partial charge >= 0.3 is 5.97 Å². The fourth-order valence-corrected chi connectivity index (χ4v) is 11.9. The van der Waals surface area contributed by atoms with Gasteiger partial charge < -0.3 is 14.6 Å². The Morgan fingerprint density at radius 3 is 1.86 bits per heavy atom. The van der Waals surface area contributed by atoms with Crippen LogP contribution in [-0.4, -0.2) is 33.2 Å². The Morgan fingerprint density at radius 2 is 1.30 bits per heavy atom. The highest BCUT2D eigenvalue weighted by Crippen LogP contribution is 2.71. The lowest BCUT2D eigenvalue weighted by Gasteiger charge is -2.43. The van der Waals surface area contributed by atoms with E-state index in [4.69, 9.17) is 14.6 Å². The van der Waals surface area contributed by atoms with Crippen LogP contribution in [0.2, 0.25) is 0 Å². The maximum absolute atomic E-state index is 12.7. The van der Waals surface area contributed by atoms with E-state index in [2.05, 4.69) is 13.8 Å². The van der Waals surface area contributed by atoms with Crippen molar-refractivity contribution in [1.82, 2.24) is 0 Å². The molecule has 0 aliphatic heterocycles. The molecule has 4 saturated carbocycles. The number of hydrogen-bond acceptors (Lipinski definition) is 5. The largest absolute Gasteiger partial charge is 0.491 e. The molecule has 4 aliphatic carbocycles. The second kappa shape index (κ2) is 19.5. The van der Waals surface area contributed by atoms with Gasteiger partial charge in [0.1, 0.15) is 18.5 Å². The van der Waals surface area contributed by atoms with E-state index in [1.165, 1.54) is 31.2 Å². The SMILES string of the molecule is C.C.C.C.CC(CC1C(C)C2CC1C1C3CCC(C3)C21)c1ccc(C(=O)O)cc1.COC(COc1ccc(S(=O)(=O)c2ccc(C)cc2)cc1)c1ccccc1. The van der Waals surface area contributed by atoms with Gasteiger partial charge in [-0.15, -0.1) is 0 Å². The first-order chi connectivity index (χ1) is 25.0. The number of hydrogen-bond donors (Lipinski definition) is 1. The van der Waals surface area contributed by atoms with Crippen molar-refractivity contribution in [1.29, 1.82) is 0 Å². The number of methoxy groups -OCH3 is 1. The molecule has 306 valence electrons. The molecule has 1 N–H and O–H groups in total. The van der Waals surface area contributed by atoms with Gasteiger partial charge in [0.05, 0.1) is 15.4 Å². The van der Waals surface area contributed by atoms with Crippen LogP contribution in [0.5, 0.6) is 5.75 Å². The summed E-state index contributed by atoms with van der Waals surface area (Å²) in [5, 5.41) is 9.09. The molecule has 7 heteroatoms. The van der Waals surface area contributed by atoms with E-state index in [9.17, 15) is 13.2 Å². The van der Waals surface area contributed by atoms with E-state index < -0.39 is 15.8 Å². The number of aromatic carboxylic acids is 1. The molecule has 10 atom stereocenters. The van der Waals surface area contributed by atoms with E-state index in [1.54, 1.807) is 74.2 Å². The number of carbonyl (C=O) groups is 1. The van der Waals surface area contributed by atoms with E-state index >= 15 is 0 Å². The molecule has 4 aliphatic rings. The summed E-state index contributed by atoms with van der Waals surface area (Å²) < 4.78 is 36.7. The number of aryl methyl sites for hydroxylation is 1. The van der Waals surface area contributed by atoms with Gasteiger partial charge in [-0.25, -0.2) is 13.2 Å². The molecule has 4 bridgehead atoms. The van der Waals surface area contributed by atoms with Crippen LogP contribution in [0.4, 0.5) is 0 Å². The molecule has 6 nitrogen and oxygen atoms in total. The van der Waals surface area contributed by atoms with Crippen molar-refractivity contribution in [3.05, 3.63) is 125 Å². The first kappa shape index (κ1) is 46.4. The molecule has 4 fully saturated rings. The summed E-state index contributed by atoms with van der Waals surface area (Å²) >= 11 is 0. The third-order valence-electron chi connectivity index (χ3n) is 13.2. The van der Waals surface area contributed by atoms with Gasteiger partial charge in [-0.05, 0) is 152 Å². The number of sulfone groups is 1. The average Bonchev–Trinajstić information content (AvgIpc) is 3.95. The predicted octanol–water partition coefficient (Wildman–Crippen LogP) is 12.6. The van der Waals surface area contributed by atoms with Crippen LogP contribution in [0.25, 0.3) is 0 Å². The molecule has 4 aromatic carbocycles. The Hall–Kier alpha value is -3.94. The van der Waals surface area contributed by atoms with Crippen LogP contribution in [0.15, 0.2) is 113 Å². The van der Waals surface area contributed by atoms with E-state index in [1.807, 2.05) is 49.4 Å². The van der Waals surface area contributed by atoms with Crippen LogP contribution in [0.3, 0.4) is 0 Å². The molecule has 8 rings (SSSR count). The van der Waals surface area contributed by atoms with Crippen molar-refractivity contribution in [2.45, 2.75) is 104 Å². The second-order valence-electron chi connectivity index (χ2n) is 15.9. The van der Waals surface area contributed by atoms with Gasteiger partial charge in [-0.2, -0.15) is 0 Å². The normalized spacial score (nSPS) is 26.1. The smallest absolute Gasteiger partial charge is 0.335 e. The van der Waals surface area contributed by atoms with Crippen LogP contribution in [-0.2, 0) is 14.6 Å². The standard InChI is InChI=1S/C23H30O2.C22H22O4S.4CH4/c1-12(14-3-5-15(6-4-14)23(24)25)9-18-13(2)19-11-20(18)22-17-8-7-16(10-17)21(19)22;1-17-8-12-20(13-9-17)27(23,24)21-14-10-19(11-15-21)26-16-22(25-2)18-6-4-3-5-7-18;;;;/h3-6,12-13,16-22H,7-11H2,1-2H3,(H,24,25);3-15,22H,16H2,1-2H3;4*1H4. The Bertz CT molecular complexity index is 1920. The van der Waals surface area contributed by atoms with E-state index in [0.29, 0.717) is 23.8 Å². The Balaban J connectivity index is 0.000000281. The summed E-state index contributed by atoms with van der Waals surface area (Å²) in [4.78, 5) is 11.6. The minimum absolute atomic E-state index is 0. The van der Waals surface area contributed by atoms with Gasteiger partial charge in [0.25, 0.3) is 0 Å². The molecule has 4 aromatic rings. The summed E-state index contributed by atoms with van der Waals surface area (Å²) in [7, 11) is -1.89. The maximum Gasteiger partial charge on any atom is 0.335 e. The zero-order valence-electron chi connectivity index (χ0n) is 30.7. The highest BCUT2D eigenvalue weighted by atomic mass is 32.2. The lowest BCUT2D eigenvalue weighted by atomic mass is 9.62. The third-order valence-corrected chi connectivity index (χ3v) is 14.9. The fourth-order valence-electron chi connectivity index (χ4n) is 10.6. The van der Waals surface area contributed by atoms with Crippen LogP contribution in [0.1, 0.15) is 115 Å². The molecule has 0 heterocycles. The monoisotopic (exact) mass is 784 g/mol. The Kier molecular flexibility index (Phi) is 16.2. The number of fused-ring (bicyclic) bond motifs is 9. The van der Waals surface area contributed by atoms with Gasteiger partial charge in [0.2, 0.25) is 9.84 Å². The Labute approximate surface area is 339 Å². The fraction of sp³-hybridized carbons (Fsp3) is 0.490. The molecule has 0 radical (unpaired) electrons. The van der Waals surface area contributed by atoms with Crippen molar-refractivity contribution in [3.63, 3.8) is 0 Å². The minimum atomic E-state index is -3.53.